The summed E-state index contributed by atoms with van der Waals surface area (Å²) in [6.45, 7) is 12.4. The van der Waals surface area contributed by atoms with Crippen LogP contribution < -0.4 is 0 Å². The van der Waals surface area contributed by atoms with Gasteiger partial charge in [-0.2, -0.15) is 0 Å². The maximum absolute atomic E-state index is 4.55. The zero-order chi connectivity index (χ0) is 11.8. The number of benzene rings is 1. The Kier molecular flexibility index (Phi) is 6.68. The third-order valence-electron chi connectivity index (χ3n) is 2.19. The van der Waals surface area contributed by atoms with Crippen LogP contribution >= 0.6 is 0 Å². The van der Waals surface area contributed by atoms with Gasteiger partial charge in [-0.05, 0) is 44.4 Å². The van der Waals surface area contributed by atoms with Crippen molar-refractivity contribution in [3.05, 3.63) is 29.3 Å². The first-order valence-electron chi connectivity index (χ1n) is 5.75. The lowest BCUT2D eigenvalue weighted by atomic mass is 10.1. The third kappa shape index (κ3) is 4.78. The number of hydrogen-bond donors (Lipinski definition) is 0. The molecule has 0 radical (unpaired) electrons. The molecule has 0 amide bonds. The summed E-state index contributed by atoms with van der Waals surface area (Å²) in [5.41, 5.74) is 4.82. The minimum atomic E-state index is 1.02. The average Bonchev–Trinajstić information content (AvgIpc) is 2.26. The molecule has 0 saturated carbocycles. The van der Waals surface area contributed by atoms with Crippen molar-refractivity contribution >= 4 is 11.4 Å². The fraction of sp³-hybridized carbons (Fsp3) is 0.500. The largest absolute Gasteiger partial charge is 0.258 e. The van der Waals surface area contributed by atoms with Crippen molar-refractivity contribution < 1.29 is 0 Å². The summed E-state index contributed by atoms with van der Waals surface area (Å²) in [4.78, 5) is 4.55. The number of nitrogens with zero attached hydrogens (tertiary/aromatic N) is 1. The van der Waals surface area contributed by atoms with Gasteiger partial charge in [-0.15, -0.1) is 0 Å². The van der Waals surface area contributed by atoms with Gasteiger partial charge < -0.3 is 0 Å². The molecule has 1 aromatic rings. The number of rotatable bonds is 2. The van der Waals surface area contributed by atoms with Crippen LogP contribution in [-0.4, -0.2) is 5.71 Å². The van der Waals surface area contributed by atoms with Gasteiger partial charge in [0.15, 0.2) is 0 Å². The minimum absolute atomic E-state index is 1.02. The maximum atomic E-state index is 4.55. The molecule has 0 saturated heterocycles. The highest BCUT2D eigenvalue weighted by atomic mass is 14.7. The van der Waals surface area contributed by atoms with Gasteiger partial charge in [0.2, 0.25) is 0 Å². The van der Waals surface area contributed by atoms with E-state index in [9.17, 15) is 0 Å². The first kappa shape index (κ1) is 13.9. The van der Waals surface area contributed by atoms with Gasteiger partial charge in [-0.25, -0.2) is 0 Å². The molecule has 0 spiro atoms. The molecule has 1 heteroatoms. The Morgan fingerprint density at radius 1 is 1.20 bits per heavy atom. The van der Waals surface area contributed by atoms with E-state index in [1.165, 1.54) is 16.8 Å². The van der Waals surface area contributed by atoms with E-state index in [4.69, 9.17) is 0 Å². The molecule has 0 aromatic heterocycles. The predicted molar refractivity (Wildman–Crippen MR) is 70.3 cm³/mol. The summed E-state index contributed by atoms with van der Waals surface area (Å²) in [6.07, 6.45) is 1.02. The highest BCUT2D eigenvalue weighted by Crippen LogP contribution is 2.20. The standard InChI is InChI=1S/C12H17N.C2H6/c1-5-11(4)13-12-8-9(2)6-7-10(12)3;1-2/h6-8H,5H2,1-4H3;1-2H3. The molecule has 1 aromatic carbocycles. The molecule has 0 bridgehead atoms. The zero-order valence-electron chi connectivity index (χ0n) is 10.9. The Morgan fingerprint density at radius 3 is 2.33 bits per heavy atom. The molecule has 0 aliphatic carbocycles. The van der Waals surface area contributed by atoms with Crippen LogP contribution in [0.2, 0.25) is 0 Å². The smallest absolute Gasteiger partial charge is 0.0660 e. The summed E-state index contributed by atoms with van der Waals surface area (Å²) < 4.78 is 0. The van der Waals surface area contributed by atoms with Gasteiger partial charge >= 0.3 is 0 Å². The van der Waals surface area contributed by atoms with Crippen molar-refractivity contribution in [3.63, 3.8) is 0 Å². The van der Waals surface area contributed by atoms with Gasteiger partial charge in [0, 0.05) is 5.71 Å². The molecule has 0 heterocycles. The van der Waals surface area contributed by atoms with Crippen LogP contribution in [-0.2, 0) is 0 Å². The quantitative estimate of drug-likeness (QED) is 0.613. The lowest BCUT2D eigenvalue weighted by Gasteiger charge is -2.02. The van der Waals surface area contributed by atoms with Gasteiger partial charge in [0.05, 0.1) is 5.69 Å². The van der Waals surface area contributed by atoms with Crippen molar-refractivity contribution in [2.75, 3.05) is 0 Å². The Hall–Kier alpha value is -1.11. The van der Waals surface area contributed by atoms with Crippen molar-refractivity contribution in [2.24, 2.45) is 4.99 Å². The summed E-state index contributed by atoms with van der Waals surface area (Å²) >= 11 is 0. The molecular formula is C14H23N. The van der Waals surface area contributed by atoms with Crippen LogP contribution in [0.25, 0.3) is 0 Å². The number of aryl methyl sites for hydroxylation is 2. The fourth-order valence-corrected chi connectivity index (χ4v) is 1.12. The van der Waals surface area contributed by atoms with E-state index < -0.39 is 0 Å². The second-order valence-corrected chi connectivity index (χ2v) is 3.49. The summed E-state index contributed by atoms with van der Waals surface area (Å²) in [6, 6.07) is 6.38. The minimum Gasteiger partial charge on any atom is -0.258 e. The van der Waals surface area contributed by atoms with E-state index in [-0.39, 0.29) is 0 Å². The zero-order valence-corrected chi connectivity index (χ0v) is 10.9. The lowest BCUT2D eigenvalue weighted by Crippen LogP contribution is -1.87. The SMILES string of the molecule is CC.CCC(C)=Nc1cc(C)ccc1C. The first-order valence-corrected chi connectivity index (χ1v) is 5.75. The van der Waals surface area contributed by atoms with Crippen molar-refractivity contribution in [2.45, 2.75) is 48.0 Å². The maximum Gasteiger partial charge on any atom is 0.0660 e. The monoisotopic (exact) mass is 205 g/mol. The molecule has 1 nitrogen and oxygen atoms in total. The van der Waals surface area contributed by atoms with E-state index in [0.717, 1.165) is 12.1 Å². The molecule has 0 N–H and O–H groups in total. The number of aliphatic imine (C=N–C) groups is 1. The second kappa shape index (κ2) is 7.22. The van der Waals surface area contributed by atoms with Crippen molar-refractivity contribution in [1.82, 2.24) is 0 Å². The predicted octanol–water partition coefficient (Wildman–Crippen LogP) is 4.83. The Labute approximate surface area is 94.3 Å². The Balaban J connectivity index is 0.000000921. The fourth-order valence-electron chi connectivity index (χ4n) is 1.12. The highest BCUT2D eigenvalue weighted by molar-refractivity contribution is 5.84. The van der Waals surface area contributed by atoms with Crippen molar-refractivity contribution in [3.8, 4) is 0 Å². The lowest BCUT2D eigenvalue weighted by molar-refractivity contribution is 1.24. The van der Waals surface area contributed by atoms with Crippen LogP contribution in [0.3, 0.4) is 0 Å². The van der Waals surface area contributed by atoms with Gasteiger partial charge in [-0.1, -0.05) is 32.9 Å². The van der Waals surface area contributed by atoms with E-state index in [2.05, 4.69) is 50.9 Å². The number of hydrogen-bond acceptors (Lipinski definition) is 1. The van der Waals surface area contributed by atoms with Crippen LogP contribution in [0.4, 0.5) is 5.69 Å². The van der Waals surface area contributed by atoms with Crippen LogP contribution in [0.1, 0.15) is 45.2 Å². The van der Waals surface area contributed by atoms with E-state index in [0.29, 0.717) is 0 Å². The van der Waals surface area contributed by atoms with Crippen LogP contribution in [0, 0.1) is 13.8 Å². The molecular weight excluding hydrogens is 182 g/mol. The molecule has 84 valence electrons. The van der Waals surface area contributed by atoms with E-state index >= 15 is 0 Å². The molecule has 0 atom stereocenters. The topological polar surface area (TPSA) is 12.4 Å². The van der Waals surface area contributed by atoms with Gasteiger partial charge in [-0.3, -0.25) is 4.99 Å². The van der Waals surface area contributed by atoms with Crippen LogP contribution in [0.5, 0.6) is 0 Å². The Bertz CT molecular complexity index is 324. The molecule has 0 aliphatic rings. The Morgan fingerprint density at radius 2 is 1.80 bits per heavy atom. The highest BCUT2D eigenvalue weighted by Gasteiger charge is 1.96. The summed E-state index contributed by atoms with van der Waals surface area (Å²) in [5.74, 6) is 0. The van der Waals surface area contributed by atoms with Gasteiger partial charge in [0.25, 0.3) is 0 Å². The van der Waals surface area contributed by atoms with Crippen molar-refractivity contribution in [1.29, 1.82) is 0 Å². The third-order valence-corrected chi connectivity index (χ3v) is 2.19. The first-order chi connectivity index (χ1) is 7.13. The molecule has 15 heavy (non-hydrogen) atoms. The second-order valence-electron chi connectivity index (χ2n) is 3.49. The van der Waals surface area contributed by atoms with E-state index in [1.54, 1.807) is 0 Å². The van der Waals surface area contributed by atoms with Crippen LogP contribution in [0.15, 0.2) is 23.2 Å². The van der Waals surface area contributed by atoms with Gasteiger partial charge in [0.1, 0.15) is 0 Å². The summed E-state index contributed by atoms with van der Waals surface area (Å²) in [7, 11) is 0. The van der Waals surface area contributed by atoms with E-state index in [1.807, 2.05) is 13.8 Å². The summed E-state index contributed by atoms with van der Waals surface area (Å²) in [5, 5.41) is 0. The normalized spacial score (nSPS) is 10.7. The molecule has 0 unspecified atom stereocenters. The molecule has 0 aliphatic heterocycles. The molecule has 1 rings (SSSR count). The molecule has 0 fully saturated rings. The average molecular weight is 205 g/mol.